The molecule has 302 valence electrons. The van der Waals surface area contributed by atoms with Crippen LogP contribution in [-0.2, 0) is 19.1 Å². The summed E-state index contributed by atoms with van der Waals surface area (Å²) in [6.45, 7) is 14.7. The molecule has 1 saturated heterocycles. The van der Waals surface area contributed by atoms with Gasteiger partial charge in [0.15, 0.2) is 0 Å². The molecule has 0 aromatic rings. The number of ether oxygens (including phenoxy) is 2. The van der Waals surface area contributed by atoms with Crippen LogP contribution in [0.5, 0.6) is 0 Å². The van der Waals surface area contributed by atoms with E-state index in [-0.39, 0.29) is 23.8 Å². The van der Waals surface area contributed by atoms with E-state index >= 15 is 0 Å². The van der Waals surface area contributed by atoms with Crippen LogP contribution in [0, 0.1) is 11.8 Å². The minimum absolute atomic E-state index is 0.00373. The molecular weight excluding hydrogens is 631 g/mol. The van der Waals surface area contributed by atoms with Gasteiger partial charge in [-0.2, -0.15) is 0 Å². The van der Waals surface area contributed by atoms with Crippen molar-refractivity contribution in [1.29, 1.82) is 0 Å². The van der Waals surface area contributed by atoms with Crippen molar-refractivity contribution in [2.75, 3.05) is 26.3 Å². The van der Waals surface area contributed by atoms with Gasteiger partial charge >= 0.3 is 11.9 Å². The number of piperidine rings is 1. The van der Waals surface area contributed by atoms with E-state index in [0.717, 1.165) is 64.2 Å². The monoisotopic (exact) mass is 720 g/mol. The van der Waals surface area contributed by atoms with E-state index in [1.807, 2.05) is 6.92 Å². The van der Waals surface area contributed by atoms with Gasteiger partial charge in [0.1, 0.15) is 0 Å². The number of unbranched alkanes of at least 4 members (excludes halogenated alkanes) is 18. The van der Waals surface area contributed by atoms with Gasteiger partial charge in [0.05, 0.1) is 25.0 Å². The minimum Gasteiger partial charge on any atom is -0.465 e. The van der Waals surface area contributed by atoms with Gasteiger partial charge < -0.3 is 9.47 Å². The molecule has 5 nitrogen and oxygen atoms in total. The largest absolute Gasteiger partial charge is 0.465 e. The summed E-state index contributed by atoms with van der Waals surface area (Å²) < 4.78 is 11.6. The Kier molecular flexibility index (Phi) is 31.4. The molecule has 0 radical (unpaired) electrons. The summed E-state index contributed by atoms with van der Waals surface area (Å²) in [5, 5.41) is 0. The molecule has 3 atom stereocenters. The number of carbonyl (C=O) groups excluding carboxylic acids is 2. The minimum atomic E-state index is 0.00373. The average Bonchev–Trinajstić information content (AvgIpc) is 3.14. The van der Waals surface area contributed by atoms with Crippen molar-refractivity contribution in [1.82, 2.24) is 4.90 Å². The molecule has 0 aromatic heterocycles. The van der Waals surface area contributed by atoms with E-state index in [9.17, 15) is 9.59 Å². The summed E-state index contributed by atoms with van der Waals surface area (Å²) in [5.74, 6) is 0.207. The van der Waals surface area contributed by atoms with Crippen molar-refractivity contribution in [3.05, 3.63) is 0 Å². The van der Waals surface area contributed by atoms with E-state index in [2.05, 4.69) is 32.6 Å². The maximum absolute atomic E-state index is 13.1. The van der Waals surface area contributed by atoms with Gasteiger partial charge in [0.25, 0.3) is 0 Å². The first-order valence-electron chi connectivity index (χ1n) is 23.0. The van der Waals surface area contributed by atoms with Crippen LogP contribution in [0.4, 0.5) is 0 Å². The Morgan fingerprint density at radius 3 is 1.53 bits per heavy atom. The summed E-state index contributed by atoms with van der Waals surface area (Å²) >= 11 is 0. The van der Waals surface area contributed by atoms with Crippen molar-refractivity contribution in [3.63, 3.8) is 0 Å². The fourth-order valence-corrected chi connectivity index (χ4v) is 8.33. The zero-order valence-corrected chi connectivity index (χ0v) is 35.2. The number of esters is 2. The van der Waals surface area contributed by atoms with Gasteiger partial charge in [0.2, 0.25) is 0 Å². The summed E-state index contributed by atoms with van der Waals surface area (Å²) in [5.41, 5.74) is 0.313. The highest BCUT2D eigenvalue weighted by atomic mass is 16.5. The smallest absolute Gasteiger partial charge is 0.308 e. The van der Waals surface area contributed by atoms with Crippen molar-refractivity contribution in [3.8, 4) is 0 Å². The molecule has 1 aliphatic heterocycles. The molecule has 0 N–H and O–H groups in total. The predicted molar refractivity (Wildman–Crippen MR) is 219 cm³/mol. The normalized spacial score (nSPS) is 17.7. The Labute approximate surface area is 318 Å². The Morgan fingerprint density at radius 2 is 0.980 bits per heavy atom. The second-order valence-corrected chi connectivity index (χ2v) is 16.5. The molecular formula is C46H89NO4. The molecule has 3 unspecified atom stereocenters. The topological polar surface area (TPSA) is 55.8 Å². The number of rotatable bonds is 36. The second kappa shape index (κ2) is 33.5. The Balaban J connectivity index is 2.48. The molecule has 5 heteroatoms. The first-order chi connectivity index (χ1) is 24.9. The first-order valence-corrected chi connectivity index (χ1v) is 23.0. The van der Waals surface area contributed by atoms with E-state index in [1.165, 1.54) is 154 Å². The molecule has 1 rings (SSSR count). The van der Waals surface area contributed by atoms with Gasteiger partial charge in [0, 0.05) is 5.54 Å². The number of nitrogens with zero attached hydrogens (tertiary/aromatic N) is 1. The summed E-state index contributed by atoms with van der Waals surface area (Å²) in [7, 11) is 0. The third-order valence-electron chi connectivity index (χ3n) is 11.9. The average molecular weight is 720 g/mol. The Bertz CT molecular complexity index is 802. The van der Waals surface area contributed by atoms with Crippen LogP contribution in [0.3, 0.4) is 0 Å². The highest BCUT2D eigenvalue weighted by molar-refractivity contribution is 5.72. The third kappa shape index (κ3) is 24.0. The lowest BCUT2D eigenvalue weighted by Gasteiger charge is -2.48. The van der Waals surface area contributed by atoms with Gasteiger partial charge in [-0.05, 0) is 90.1 Å². The quantitative estimate of drug-likeness (QED) is 0.0477. The number of hydrogen-bond donors (Lipinski definition) is 0. The Morgan fingerprint density at radius 1 is 0.529 bits per heavy atom. The number of carbonyl (C=O) groups is 2. The van der Waals surface area contributed by atoms with Crippen molar-refractivity contribution in [2.45, 2.75) is 246 Å². The standard InChI is InChI=1S/C46H89NO4/c1-6-10-14-17-19-23-32-42(5)44(48)50-40-30-21-26-35-46(37-28-29-39-47(46)38-13-9-4)36-27-22-31-41-51-45(49)43(33-24-16-12-8-3)34-25-20-18-15-11-7-2/h42-43H,6-41H2,1-5H3. The van der Waals surface area contributed by atoms with Gasteiger partial charge in [-0.15, -0.1) is 0 Å². The van der Waals surface area contributed by atoms with Gasteiger partial charge in [-0.25, -0.2) is 0 Å². The molecule has 0 saturated carbocycles. The molecule has 0 bridgehead atoms. The summed E-state index contributed by atoms with van der Waals surface area (Å²) in [4.78, 5) is 28.5. The molecule has 1 fully saturated rings. The Hall–Kier alpha value is -1.10. The van der Waals surface area contributed by atoms with E-state index in [0.29, 0.717) is 18.8 Å². The number of likely N-dealkylation sites (tertiary alicyclic amines) is 1. The lowest BCUT2D eigenvalue weighted by Crippen LogP contribution is -2.52. The van der Waals surface area contributed by atoms with Crippen LogP contribution >= 0.6 is 0 Å². The lowest BCUT2D eigenvalue weighted by molar-refractivity contribution is -0.149. The van der Waals surface area contributed by atoms with E-state index in [4.69, 9.17) is 9.47 Å². The molecule has 1 heterocycles. The van der Waals surface area contributed by atoms with Crippen LogP contribution < -0.4 is 0 Å². The second-order valence-electron chi connectivity index (χ2n) is 16.5. The molecule has 0 aromatic carbocycles. The maximum Gasteiger partial charge on any atom is 0.308 e. The van der Waals surface area contributed by atoms with E-state index < -0.39 is 0 Å². The fraction of sp³-hybridized carbons (Fsp3) is 0.957. The highest BCUT2D eigenvalue weighted by Gasteiger charge is 2.37. The van der Waals surface area contributed by atoms with Crippen molar-refractivity contribution in [2.24, 2.45) is 11.8 Å². The first kappa shape index (κ1) is 47.9. The zero-order chi connectivity index (χ0) is 37.3. The molecule has 51 heavy (non-hydrogen) atoms. The SMILES string of the molecule is CCCCCCCCC(C)C(=O)OCCCCCC1(CCCCCOC(=O)C(CCCCCC)CCCCCCCC)CCCCN1CCCC. The molecule has 0 spiro atoms. The summed E-state index contributed by atoms with van der Waals surface area (Å²) in [6.07, 6.45) is 38.8. The van der Waals surface area contributed by atoms with Gasteiger partial charge in [-0.3, -0.25) is 14.5 Å². The van der Waals surface area contributed by atoms with Crippen molar-refractivity contribution < 1.29 is 19.1 Å². The summed E-state index contributed by atoms with van der Waals surface area (Å²) in [6, 6.07) is 0. The maximum atomic E-state index is 13.1. The van der Waals surface area contributed by atoms with Crippen LogP contribution in [-0.4, -0.2) is 48.7 Å². The van der Waals surface area contributed by atoms with E-state index in [1.54, 1.807) is 0 Å². The fourth-order valence-electron chi connectivity index (χ4n) is 8.33. The molecule has 1 aliphatic rings. The van der Waals surface area contributed by atoms with Crippen LogP contribution in [0.25, 0.3) is 0 Å². The van der Waals surface area contributed by atoms with Crippen molar-refractivity contribution >= 4 is 11.9 Å². The third-order valence-corrected chi connectivity index (χ3v) is 11.9. The van der Waals surface area contributed by atoms with Crippen LogP contribution in [0.1, 0.15) is 240 Å². The zero-order valence-electron chi connectivity index (χ0n) is 35.2. The molecule has 0 amide bonds. The van der Waals surface area contributed by atoms with Crippen LogP contribution in [0.2, 0.25) is 0 Å². The lowest BCUT2D eigenvalue weighted by atomic mass is 9.78. The predicted octanol–water partition coefficient (Wildman–Crippen LogP) is 13.9. The van der Waals surface area contributed by atoms with Gasteiger partial charge in [-0.1, -0.05) is 163 Å². The molecule has 0 aliphatic carbocycles. The van der Waals surface area contributed by atoms with Crippen LogP contribution in [0.15, 0.2) is 0 Å². The number of hydrogen-bond acceptors (Lipinski definition) is 5. The highest BCUT2D eigenvalue weighted by Crippen LogP contribution is 2.38.